The molecule has 10 nitrogen and oxygen atoms in total. The molecule has 2 N–H and O–H groups in total. The van der Waals surface area contributed by atoms with Gasteiger partial charge < -0.3 is 4.98 Å². The van der Waals surface area contributed by atoms with Crippen molar-refractivity contribution in [2.75, 3.05) is 13.1 Å². The summed E-state index contributed by atoms with van der Waals surface area (Å²) in [7, 11) is -3.44. The Morgan fingerprint density at radius 1 is 1.24 bits per heavy atom. The summed E-state index contributed by atoms with van der Waals surface area (Å²) in [4.78, 5) is 11.8. The third-order valence-electron chi connectivity index (χ3n) is 7.69. The van der Waals surface area contributed by atoms with Gasteiger partial charge in [-0.15, -0.1) is 0 Å². The predicted molar refractivity (Wildman–Crippen MR) is 121 cm³/mol. The van der Waals surface area contributed by atoms with Crippen molar-refractivity contribution >= 4 is 21.2 Å². The Balaban J connectivity index is 1.24. The van der Waals surface area contributed by atoms with Crippen LogP contribution >= 0.6 is 0 Å². The summed E-state index contributed by atoms with van der Waals surface area (Å²) in [6.45, 7) is 1.01. The minimum Gasteiger partial charge on any atom is -0.346 e. The van der Waals surface area contributed by atoms with E-state index < -0.39 is 15.7 Å². The maximum absolute atomic E-state index is 12.8. The van der Waals surface area contributed by atoms with Gasteiger partial charge in [0.15, 0.2) is 0 Å². The highest BCUT2D eigenvalue weighted by molar-refractivity contribution is 7.87. The average molecular weight is 467 g/mol. The molecule has 0 unspecified atom stereocenters. The number of aromatic amines is 1. The molecular formula is C22H26N8O2S. The number of nitrogens with zero attached hydrogens (tertiary/aromatic N) is 6. The summed E-state index contributed by atoms with van der Waals surface area (Å²) in [5, 5.41) is 15.2. The highest BCUT2D eigenvalue weighted by Crippen LogP contribution is 2.50. The lowest BCUT2D eigenvalue weighted by Gasteiger charge is -2.31. The van der Waals surface area contributed by atoms with Gasteiger partial charge >= 0.3 is 0 Å². The molecule has 2 saturated carbocycles. The number of nitriles is 1. The zero-order valence-electron chi connectivity index (χ0n) is 18.2. The van der Waals surface area contributed by atoms with Crippen LogP contribution < -0.4 is 4.72 Å². The number of aromatic nitrogens is 5. The van der Waals surface area contributed by atoms with E-state index in [1.807, 2.05) is 23.1 Å². The highest BCUT2D eigenvalue weighted by Gasteiger charge is 2.52. The highest BCUT2D eigenvalue weighted by atomic mass is 32.2. The number of rotatable bonds is 6. The smallest absolute Gasteiger partial charge is 0.279 e. The predicted octanol–water partition coefficient (Wildman–Crippen LogP) is 2.16. The first kappa shape index (κ1) is 20.8. The molecule has 3 fully saturated rings. The normalized spacial score (nSPS) is 28.1. The van der Waals surface area contributed by atoms with Gasteiger partial charge in [0.05, 0.1) is 29.9 Å². The topological polar surface area (TPSA) is 133 Å². The second-order valence-electron chi connectivity index (χ2n) is 9.69. The fourth-order valence-corrected chi connectivity index (χ4v) is 7.37. The van der Waals surface area contributed by atoms with E-state index in [-0.39, 0.29) is 17.9 Å². The largest absolute Gasteiger partial charge is 0.346 e. The summed E-state index contributed by atoms with van der Waals surface area (Å²) in [6.07, 6.45) is 11.9. The molecule has 11 heteroatoms. The summed E-state index contributed by atoms with van der Waals surface area (Å²) in [5.74, 6) is 0.443. The van der Waals surface area contributed by atoms with Gasteiger partial charge in [-0.2, -0.15) is 27.8 Å². The van der Waals surface area contributed by atoms with Crippen molar-refractivity contribution in [3.8, 4) is 17.3 Å². The Bertz CT molecular complexity index is 1320. The molecule has 0 amide bonds. The van der Waals surface area contributed by atoms with Crippen LogP contribution in [0.15, 0.2) is 31.0 Å². The summed E-state index contributed by atoms with van der Waals surface area (Å²) in [6, 6.07) is 4.39. The first-order valence-corrected chi connectivity index (χ1v) is 12.9. The summed E-state index contributed by atoms with van der Waals surface area (Å²) >= 11 is 0. The van der Waals surface area contributed by atoms with Crippen LogP contribution in [0.1, 0.15) is 38.5 Å². The molecule has 172 valence electrons. The molecule has 1 saturated heterocycles. The van der Waals surface area contributed by atoms with Gasteiger partial charge in [-0.05, 0) is 43.6 Å². The maximum atomic E-state index is 12.8. The third-order valence-corrected chi connectivity index (χ3v) is 9.30. The SMILES string of the molecule is N#CC[C@]1(n2cc(-c3ncnc4[nH]ccc34)cn2)C[C@H]2CN(S(=O)(=O)NC3CCC3)C[C@H]2C1. The molecule has 0 bridgehead atoms. The van der Waals surface area contributed by atoms with Gasteiger partial charge in [0.25, 0.3) is 10.2 Å². The zero-order valence-corrected chi connectivity index (χ0v) is 19.0. The molecule has 3 atom stereocenters. The zero-order chi connectivity index (χ0) is 22.6. The lowest BCUT2D eigenvalue weighted by molar-refractivity contribution is 0.239. The molecule has 0 radical (unpaired) electrons. The van der Waals surface area contributed by atoms with Crippen LogP contribution in [-0.4, -0.2) is 56.6 Å². The second kappa shape index (κ2) is 7.62. The van der Waals surface area contributed by atoms with Crippen LogP contribution in [-0.2, 0) is 15.7 Å². The first-order chi connectivity index (χ1) is 16.0. The van der Waals surface area contributed by atoms with Crippen LogP contribution in [0.5, 0.6) is 0 Å². The van der Waals surface area contributed by atoms with Crippen LogP contribution in [0.4, 0.5) is 0 Å². The molecule has 3 aromatic rings. The van der Waals surface area contributed by atoms with Gasteiger partial charge in [0, 0.05) is 42.5 Å². The van der Waals surface area contributed by atoms with E-state index in [1.165, 1.54) is 6.33 Å². The Morgan fingerprint density at radius 3 is 2.73 bits per heavy atom. The van der Waals surface area contributed by atoms with E-state index in [2.05, 4.69) is 30.8 Å². The molecule has 0 spiro atoms. The number of H-pyrrole nitrogens is 1. The number of hydrogen-bond donors (Lipinski definition) is 2. The van der Waals surface area contributed by atoms with Crippen molar-refractivity contribution in [2.24, 2.45) is 11.8 Å². The number of nitrogens with one attached hydrogen (secondary N) is 2. The van der Waals surface area contributed by atoms with Crippen molar-refractivity contribution < 1.29 is 8.42 Å². The van der Waals surface area contributed by atoms with Crippen LogP contribution in [0, 0.1) is 23.2 Å². The molecule has 3 aliphatic rings. The van der Waals surface area contributed by atoms with E-state index >= 15 is 0 Å². The molecule has 2 aliphatic carbocycles. The second-order valence-corrected chi connectivity index (χ2v) is 11.4. The lowest BCUT2D eigenvalue weighted by Crippen LogP contribution is -2.47. The van der Waals surface area contributed by atoms with Crippen LogP contribution in [0.2, 0.25) is 0 Å². The Morgan fingerprint density at radius 2 is 2.03 bits per heavy atom. The van der Waals surface area contributed by atoms with Crippen molar-refractivity contribution in [1.82, 2.24) is 33.8 Å². The van der Waals surface area contributed by atoms with Crippen LogP contribution in [0.25, 0.3) is 22.3 Å². The van der Waals surface area contributed by atoms with Gasteiger partial charge in [0.1, 0.15) is 12.0 Å². The van der Waals surface area contributed by atoms with Crippen molar-refractivity contribution in [2.45, 2.75) is 50.1 Å². The Hall–Kier alpha value is -2.81. The third kappa shape index (κ3) is 3.44. The van der Waals surface area contributed by atoms with Gasteiger partial charge in [0.2, 0.25) is 0 Å². The van der Waals surface area contributed by atoms with E-state index in [4.69, 9.17) is 0 Å². The Kier molecular flexibility index (Phi) is 4.79. The first-order valence-electron chi connectivity index (χ1n) is 11.5. The fourth-order valence-electron chi connectivity index (χ4n) is 5.79. The molecule has 3 aromatic heterocycles. The average Bonchev–Trinajstić information content (AvgIpc) is 3.52. The minimum absolute atomic E-state index is 0.0869. The van der Waals surface area contributed by atoms with E-state index in [0.717, 1.165) is 54.4 Å². The summed E-state index contributed by atoms with van der Waals surface area (Å²) in [5.41, 5.74) is 2.03. The van der Waals surface area contributed by atoms with Crippen LogP contribution in [0.3, 0.4) is 0 Å². The lowest BCUT2D eigenvalue weighted by atomic mass is 9.92. The minimum atomic E-state index is -3.44. The standard InChI is InChI=1S/C22H26N8O2S/c23-6-5-22(30-13-17(10-27-30)20-19-4-7-24-21(19)26-14-25-20)8-15-11-29(12-16(15)9-22)33(31,32)28-18-2-1-3-18/h4,7,10,13-16,18,28H,1-3,5,8-9,11-12H2,(H,24,25,26)/t15-,16+,22-. The van der Waals surface area contributed by atoms with E-state index in [9.17, 15) is 13.7 Å². The molecule has 4 heterocycles. The molecule has 0 aromatic carbocycles. The van der Waals surface area contributed by atoms with Crippen molar-refractivity contribution in [3.05, 3.63) is 31.0 Å². The number of hydrogen-bond acceptors (Lipinski definition) is 6. The Labute approximate surface area is 192 Å². The van der Waals surface area contributed by atoms with Crippen molar-refractivity contribution in [1.29, 1.82) is 5.26 Å². The van der Waals surface area contributed by atoms with Gasteiger partial charge in [-0.3, -0.25) is 4.68 Å². The van der Waals surface area contributed by atoms with Gasteiger partial charge in [-0.25, -0.2) is 9.97 Å². The quantitative estimate of drug-likeness (QED) is 0.572. The van der Waals surface area contributed by atoms with Crippen molar-refractivity contribution in [3.63, 3.8) is 0 Å². The molecular weight excluding hydrogens is 440 g/mol. The molecule has 33 heavy (non-hydrogen) atoms. The molecule has 1 aliphatic heterocycles. The van der Waals surface area contributed by atoms with E-state index in [0.29, 0.717) is 19.5 Å². The maximum Gasteiger partial charge on any atom is 0.279 e. The molecule has 6 rings (SSSR count). The number of fused-ring (bicyclic) bond motifs is 2. The fraction of sp³-hybridized carbons (Fsp3) is 0.545. The van der Waals surface area contributed by atoms with Gasteiger partial charge in [-0.1, -0.05) is 6.42 Å². The van der Waals surface area contributed by atoms with E-state index in [1.54, 1.807) is 10.5 Å². The monoisotopic (exact) mass is 466 g/mol. The summed E-state index contributed by atoms with van der Waals surface area (Å²) < 4.78 is 32.0.